The molecular weight excluding hydrogens is 581 g/mol. The molecule has 0 fully saturated rings. The lowest BCUT2D eigenvalue weighted by atomic mass is 10.1. The summed E-state index contributed by atoms with van der Waals surface area (Å²) in [6, 6.07) is 0. The second-order valence-electron chi connectivity index (χ2n) is 12.1. The number of esters is 2. The number of rotatable bonds is 29. The van der Waals surface area contributed by atoms with E-state index in [4.69, 9.17) is 18.5 Å². The van der Waals surface area contributed by atoms with Gasteiger partial charge in [0.15, 0.2) is 6.10 Å². The maximum Gasteiger partial charge on any atom is 0.306 e. The van der Waals surface area contributed by atoms with Crippen LogP contribution in [0, 0.1) is 0 Å². The van der Waals surface area contributed by atoms with Crippen LogP contribution in [0.25, 0.3) is 0 Å². The Morgan fingerprint density at radius 2 is 1.30 bits per heavy atom. The number of unbranched alkanes of at least 4 members (excludes halogenated alkanes) is 9. The molecule has 2 unspecified atom stereocenters. The summed E-state index contributed by atoms with van der Waals surface area (Å²) in [7, 11) is 1.14. The molecule has 0 aliphatic heterocycles. The summed E-state index contributed by atoms with van der Waals surface area (Å²) in [5.74, 6) is -0.882. The van der Waals surface area contributed by atoms with E-state index in [0.29, 0.717) is 17.4 Å². The topological polar surface area (TPSA) is 111 Å². The third-order valence-corrected chi connectivity index (χ3v) is 7.64. The van der Waals surface area contributed by atoms with Crippen molar-refractivity contribution in [3.63, 3.8) is 0 Å². The van der Waals surface area contributed by atoms with Gasteiger partial charge in [-0.15, -0.1) is 0 Å². The Kier molecular flexibility index (Phi) is 26.4. The van der Waals surface area contributed by atoms with Gasteiger partial charge in [-0.25, -0.2) is 0 Å². The Hall–Kier alpha value is -1.77. The van der Waals surface area contributed by atoms with Crippen molar-refractivity contribution in [3.05, 3.63) is 36.5 Å². The molecule has 0 aliphatic rings. The first kappa shape index (κ1) is 42.2. The minimum Gasteiger partial charge on any atom is -0.756 e. The molecule has 0 aromatic rings. The fraction of sp³-hybridized carbons (Fsp3) is 0.765. The summed E-state index contributed by atoms with van der Waals surface area (Å²) >= 11 is 0. The van der Waals surface area contributed by atoms with E-state index in [2.05, 4.69) is 50.3 Å². The van der Waals surface area contributed by atoms with Crippen LogP contribution in [0.15, 0.2) is 36.5 Å². The normalized spacial score (nSPS) is 14.4. The predicted octanol–water partition coefficient (Wildman–Crippen LogP) is 7.60. The first-order valence-corrected chi connectivity index (χ1v) is 18.2. The van der Waals surface area contributed by atoms with E-state index in [1.165, 1.54) is 19.3 Å². The average molecular weight is 644 g/mol. The molecule has 44 heavy (non-hydrogen) atoms. The van der Waals surface area contributed by atoms with Crippen LogP contribution < -0.4 is 4.89 Å². The first-order valence-electron chi connectivity index (χ1n) is 16.7. The zero-order valence-electron chi connectivity index (χ0n) is 28.3. The summed E-state index contributed by atoms with van der Waals surface area (Å²) < 4.78 is 33.5. The Morgan fingerprint density at radius 1 is 0.727 bits per heavy atom. The molecule has 0 saturated carbocycles. The number of hydrogen-bond donors (Lipinski definition) is 0. The van der Waals surface area contributed by atoms with Crippen molar-refractivity contribution >= 4 is 19.8 Å². The molecule has 0 aromatic heterocycles. The van der Waals surface area contributed by atoms with Gasteiger partial charge < -0.3 is 27.9 Å². The van der Waals surface area contributed by atoms with Crippen LogP contribution in [0.5, 0.6) is 0 Å². The van der Waals surface area contributed by atoms with Crippen LogP contribution in [0.4, 0.5) is 0 Å². The van der Waals surface area contributed by atoms with Crippen molar-refractivity contribution in [1.29, 1.82) is 0 Å². The van der Waals surface area contributed by atoms with Gasteiger partial charge in [0, 0.05) is 12.8 Å². The van der Waals surface area contributed by atoms with Gasteiger partial charge in [-0.3, -0.25) is 14.2 Å². The average Bonchev–Trinajstić information content (AvgIpc) is 2.95. The van der Waals surface area contributed by atoms with Crippen molar-refractivity contribution in [2.45, 2.75) is 123 Å². The highest BCUT2D eigenvalue weighted by Gasteiger charge is 2.21. The molecule has 0 bridgehead atoms. The molecule has 2 atom stereocenters. The zero-order valence-corrected chi connectivity index (χ0v) is 29.2. The first-order chi connectivity index (χ1) is 21.0. The smallest absolute Gasteiger partial charge is 0.306 e. The van der Waals surface area contributed by atoms with E-state index in [1.54, 1.807) is 0 Å². The molecular formula is C34H62NO8P. The Balaban J connectivity index is 4.56. The molecule has 0 spiro atoms. The number of phosphoric acid groups is 1. The highest BCUT2D eigenvalue weighted by molar-refractivity contribution is 7.45. The standard InChI is InChI=1S/C34H62NO8P/c1-6-8-10-12-14-15-16-17-18-19-21-23-25-27-34(37)43-32(31-42-44(38,39)41-29-28-35(3,4)5)30-40-33(36)26-24-22-20-13-11-9-7-2/h8,10,14-15,17-18,32H,6-7,9,11-13,16,19-31H2,1-5H3/b10-8-,15-14-,18-17-. The summed E-state index contributed by atoms with van der Waals surface area (Å²) in [5.41, 5.74) is 0. The second-order valence-corrected chi connectivity index (χ2v) is 13.6. The molecule has 10 heteroatoms. The quantitative estimate of drug-likeness (QED) is 0.0269. The van der Waals surface area contributed by atoms with E-state index in [-0.39, 0.29) is 26.1 Å². The number of ether oxygens (including phenoxy) is 2. The third kappa shape index (κ3) is 30.3. The van der Waals surface area contributed by atoms with Crippen LogP contribution in [-0.2, 0) is 32.7 Å². The van der Waals surface area contributed by atoms with Gasteiger partial charge in [0.2, 0.25) is 0 Å². The van der Waals surface area contributed by atoms with Gasteiger partial charge >= 0.3 is 11.9 Å². The van der Waals surface area contributed by atoms with Gasteiger partial charge in [-0.2, -0.15) is 0 Å². The van der Waals surface area contributed by atoms with E-state index < -0.39 is 32.5 Å². The largest absolute Gasteiger partial charge is 0.756 e. The van der Waals surface area contributed by atoms with Crippen molar-refractivity contribution in [1.82, 2.24) is 0 Å². The molecule has 0 saturated heterocycles. The van der Waals surface area contributed by atoms with Crippen molar-refractivity contribution < 1.29 is 42.1 Å². The number of allylic oxidation sites excluding steroid dienone is 6. The molecule has 0 aromatic carbocycles. The molecule has 0 amide bonds. The minimum absolute atomic E-state index is 0.0370. The number of carbonyl (C=O) groups is 2. The SMILES string of the molecule is CC/C=C\C/C=C\C/C=C\CCCCCC(=O)OC(COC(=O)CCCCCCCCC)COP(=O)([O-])OCC[N+](C)(C)C. The van der Waals surface area contributed by atoms with E-state index in [9.17, 15) is 19.0 Å². The van der Waals surface area contributed by atoms with Crippen LogP contribution >= 0.6 is 7.82 Å². The Bertz CT molecular complexity index is 866. The molecule has 0 rings (SSSR count). The van der Waals surface area contributed by atoms with Crippen molar-refractivity contribution in [2.24, 2.45) is 0 Å². The highest BCUT2D eigenvalue weighted by atomic mass is 31.2. The van der Waals surface area contributed by atoms with Gasteiger partial charge in [0.05, 0.1) is 27.7 Å². The summed E-state index contributed by atoms with van der Waals surface area (Å²) in [4.78, 5) is 37.0. The van der Waals surface area contributed by atoms with Crippen LogP contribution in [-0.4, -0.2) is 70.0 Å². The fourth-order valence-electron chi connectivity index (χ4n) is 4.02. The Labute approximate surface area is 268 Å². The lowest BCUT2D eigenvalue weighted by Crippen LogP contribution is -2.37. The maximum absolute atomic E-state index is 12.5. The molecule has 9 nitrogen and oxygen atoms in total. The van der Waals surface area contributed by atoms with E-state index in [1.807, 2.05) is 21.1 Å². The van der Waals surface area contributed by atoms with Crippen LogP contribution in [0.1, 0.15) is 117 Å². The number of nitrogens with zero attached hydrogens (tertiary/aromatic N) is 1. The summed E-state index contributed by atoms with van der Waals surface area (Å²) in [5, 5.41) is 0. The number of quaternary nitrogens is 1. The predicted molar refractivity (Wildman–Crippen MR) is 176 cm³/mol. The molecule has 0 heterocycles. The molecule has 0 radical (unpaired) electrons. The lowest BCUT2D eigenvalue weighted by molar-refractivity contribution is -0.870. The van der Waals surface area contributed by atoms with Crippen LogP contribution in [0.2, 0.25) is 0 Å². The number of carbonyl (C=O) groups excluding carboxylic acids is 2. The van der Waals surface area contributed by atoms with Gasteiger partial charge in [-0.1, -0.05) is 95.2 Å². The maximum atomic E-state index is 12.5. The van der Waals surface area contributed by atoms with Crippen molar-refractivity contribution in [2.75, 3.05) is 47.5 Å². The molecule has 256 valence electrons. The summed E-state index contributed by atoms with van der Waals surface area (Å²) in [6.07, 6.45) is 26.3. The fourth-order valence-corrected chi connectivity index (χ4v) is 4.75. The molecule has 0 aliphatic carbocycles. The Morgan fingerprint density at radius 3 is 1.93 bits per heavy atom. The van der Waals surface area contributed by atoms with Gasteiger partial charge in [0.25, 0.3) is 7.82 Å². The number of likely N-dealkylation sites (N-methyl/N-ethyl adjacent to an activating group) is 1. The van der Waals surface area contributed by atoms with E-state index >= 15 is 0 Å². The van der Waals surface area contributed by atoms with Gasteiger partial charge in [-0.05, 0) is 44.9 Å². The zero-order chi connectivity index (χ0) is 32.9. The second kappa shape index (κ2) is 27.5. The minimum atomic E-state index is -4.61. The van der Waals surface area contributed by atoms with E-state index in [0.717, 1.165) is 64.2 Å². The third-order valence-electron chi connectivity index (χ3n) is 6.67. The van der Waals surface area contributed by atoms with Crippen LogP contribution in [0.3, 0.4) is 0 Å². The summed E-state index contributed by atoms with van der Waals surface area (Å²) in [6.45, 7) is 3.98. The van der Waals surface area contributed by atoms with Crippen molar-refractivity contribution in [3.8, 4) is 0 Å². The highest BCUT2D eigenvalue weighted by Crippen LogP contribution is 2.38. The lowest BCUT2D eigenvalue weighted by Gasteiger charge is -2.28. The number of phosphoric ester groups is 1. The number of hydrogen-bond acceptors (Lipinski definition) is 8. The molecule has 0 N–H and O–H groups in total. The van der Waals surface area contributed by atoms with Gasteiger partial charge in [0.1, 0.15) is 19.8 Å². The monoisotopic (exact) mass is 643 g/mol.